The van der Waals surface area contributed by atoms with Gasteiger partial charge in [-0.05, 0) is 61.1 Å². The highest BCUT2D eigenvalue weighted by Gasteiger charge is 2.40. The zero-order chi connectivity index (χ0) is 29.7. The van der Waals surface area contributed by atoms with Crippen molar-refractivity contribution in [3.05, 3.63) is 58.5 Å². The van der Waals surface area contributed by atoms with Crippen LogP contribution in [0.25, 0.3) is 16.9 Å². The minimum absolute atomic E-state index is 0.156. The molecule has 2 atom stereocenters. The van der Waals surface area contributed by atoms with Crippen LogP contribution in [0.3, 0.4) is 0 Å². The Kier molecular flexibility index (Phi) is 7.37. The second kappa shape index (κ2) is 11.0. The number of thiazole rings is 1. The van der Waals surface area contributed by atoms with Crippen LogP contribution < -0.4 is 9.80 Å². The molecule has 0 saturated carbocycles. The van der Waals surface area contributed by atoms with Gasteiger partial charge in [-0.3, -0.25) is 14.1 Å². The lowest BCUT2D eigenvalue weighted by Crippen LogP contribution is -2.37. The molecule has 42 heavy (non-hydrogen) atoms. The summed E-state index contributed by atoms with van der Waals surface area (Å²) >= 11 is 1.32. The van der Waals surface area contributed by atoms with Crippen LogP contribution in [-0.4, -0.2) is 83.9 Å². The SMILES string of the molecule is CCc1nc2c(C)cc(N3CC4CN(CC(=O)N(C)C)CC4C3)cn2c1N(C)c1nc(-c2ccc(F)cc2)c(C#N)s1. The van der Waals surface area contributed by atoms with Crippen LogP contribution in [0.4, 0.5) is 21.0 Å². The molecule has 0 N–H and O–H groups in total. The monoisotopic (exact) mass is 586 g/mol. The Morgan fingerprint density at radius 1 is 1.12 bits per heavy atom. The Hall–Kier alpha value is -4.01. The number of amides is 1. The molecule has 1 aromatic carbocycles. The molecule has 11 heteroatoms. The number of hydrogen-bond acceptors (Lipinski definition) is 8. The van der Waals surface area contributed by atoms with Crippen LogP contribution in [0.1, 0.15) is 23.1 Å². The minimum atomic E-state index is -0.326. The van der Waals surface area contributed by atoms with Crippen LogP contribution >= 0.6 is 11.3 Å². The third kappa shape index (κ3) is 4.99. The van der Waals surface area contributed by atoms with Crippen LogP contribution in [0, 0.1) is 35.9 Å². The van der Waals surface area contributed by atoms with Crippen molar-refractivity contribution >= 4 is 39.5 Å². The van der Waals surface area contributed by atoms with E-state index in [2.05, 4.69) is 46.4 Å². The van der Waals surface area contributed by atoms with Gasteiger partial charge in [0.05, 0.1) is 17.9 Å². The number of aryl methyl sites for hydroxylation is 2. The molecule has 6 rings (SSSR count). The summed E-state index contributed by atoms with van der Waals surface area (Å²) in [5.41, 5.74) is 5.37. The molecule has 0 radical (unpaired) electrons. The van der Waals surface area contributed by atoms with Crippen LogP contribution in [0.5, 0.6) is 0 Å². The first-order valence-corrected chi connectivity index (χ1v) is 15.1. The molecule has 3 aromatic heterocycles. The lowest BCUT2D eigenvalue weighted by Gasteiger charge is -2.24. The van der Waals surface area contributed by atoms with E-state index in [4.69, 9.17) is 9.97 Å². The van der Waals surface area contributed by atoms with Gasteiger partial charge in [-0.15, -0.1) is 0 Å². The molecule has 218 valence electrons. The van der Waals surface area contributed by atoms with Crippen molar-refractivity contribution in [3.63, 3.8) is 0 Å². The zero-order valence-corrected chi connectivity index (χ0v) is 25.5. The Bertz CT molecular complexity index is 1670. The summed E-state index contributed by atoms with van der Waals surface area (Å²) in [6.07, 6.45) is 2.92. The van der Waals surface area contributed by atoms with E-state index in [0.717, 1.165) is 61.0 Å². The number of benzene rings is 1. The highest BCUT2D eigenvalue weighted by molar-refractivity contribution is 7.16. The molecular weight excluding hydrogens is 551 g/mol. The molecule has 2 saturated heterocycles. The van der Waals surface area contributed by atoms with Gasteiger partial charge in [0.15, 0.2) is 5.13 Å². The molecule has 0 spiro atoms. The Morgan fingerprint density at radius 3 is 2.43 bits per heavy atom. The molecule has 5 heterocycles. The van der Waals surface area contributed by atoms with E-state index in [0.29, 0.717) is 39.6 Å². The number of nitrogens with zero attached hydrogens (tertiary/aromatic N) is 8. The predicted molar refractivity (Wildman–Crippen MR) is 164 cm³/mol. The van der Waals surface area contributed by atoms with Crippen LogP contribution in [0.2, 0.25) is 0 Å². The first-order chi connectivity index (χ1) is 20.2. The van der Waals surface area contributed by atoms with Gasteiger partial charge in [-0.25, -0.2) is 14.4 Å². The number of carbonyl (C=O) groups excluding carboxylic acids is 1. The highest BCUT2D eigenvalue weighted by Crippen LogP contribution is 2.39. The van der Waals surface area contributed by atoms with E-state index >= 15 is 0 Å². The molecule has 0 bridgehead atoms. The molecule has 4 aromatic rings. The van der Waals surface area contributed by atoms with Crippen molar-refractivity contribution in [2.24, 2.45) is 11.8 Å². The van der Waals surface area contributed by atoms with Gasteiger partial charge < -0.3 is 14.7 Å². The maximum atomic E-state index is 13.5. The topological polar surface area (TPSA) is 84.0 Å². The molecule has 9 nitrogen and oxygen atoms in total. The number of anilines is 3. The molecule has 1 amide bonds. The number of likely N-dealkylation sites (tertiary alicyclic amines) is 1. The summed E-state index contributed by atoms with van der Waals surface area (Å²) in [5.74, 6) is 1.83. The van der Waals surface area contributed by atoms with Crippen LogP contribution in [0.15, 0.2) is 36.5 Å². The Balaban J connectivity index is 1.30. The van der Waals surface area contributed by atoms with Gasteiger partial charge in [0.1, 0.15) is 33.9 Å². The van der Waals surface area contributed by atoms with Crippen molar-refractivity contribution < 1.29 is 9.18 Å². The normalized spacial score (nSPS) is 18.5. The highest BCUT2D eigenvalue weighted by atomic mass is 32.1. The van der Waals surface area contributed by atoms with Gasteiger partial charge >= 0.3 is 0 Å². The first-order valence-electron chi connectivity index (χ1n) is 14.3. The molecule has 2 aliphatic heterocycles. The van der Waals surface area contributed by atoms with Gasteiger partial charge in [0.25, 0.3) is 0 Å². The van der Waals surface area contributed by atoms with Gasteiger partial charge in [0, 0.05) is 59.1 Å². The standard InChI is InChI=1S/C31H35FN8OS/c1-6-25-30(37(5)31-35-28(26(12-33)42-31)20-7-9-23(32)10-8-20)40-17-24(11-19(2)29(40)34-25)39-15-21-13-38(14-22(21)16-39)18-27(41)36(3)4/h7-11,17,21-22H,6,13-16,18H2,1-5H3. The van der Waals surface area contributed by atoms with E-state index in [-0.39, 0.29) is 11.7 Å². The number of rotatable bonds is 7. The number of halogens is 1. The fourth-order valence-electron chi connectivity index (χ4n) is 6.28. The summed E-state index contributed by atoms with van der Waals surface area (Å²) in [6.45, 7) is 8.50. The van der Waals surface area contributed by atoms with E-state index in [1.54, 1.807) is 17.0 Å². The molecule has 2 unspecified atom stereocenters. The number of nitriles is 1. The third-order valence-corrected chi connectivity index (χ3v) is 9.53. The zero-order valence-electron chi connectivity index (χ0n) is 24.6. The number of hydrogen-bond donors (Lipinski definition) is 0. The van der Waals surface area contributed by atoms with E-state index in [9.17, 15) is 14.4 Å². The Labute approximate surface area is 249 Å². The van der Waals surface area contributed by atoms with Crippen molar-refractivity contribution in [1.82, 2.24) is 24.2 Å². The minimum Gasteiger partial charge on any atom is -0.370 e. The van der Waals surface area contributed by atoms with E-state index in [1.807, 2.05) is 26.0 Å². The number of likely N-dealkylation sites (N-methyl/N-ethyl adjacent to an activating group) is 1. The van der Waals surface area contributed by atoms with Gasteiger partial charge in [-0.2, -0.15) is 5.26 Å². The number of aromatic nitrogens is 3. The summed E-state index contributed by atoms with van der Waals surface area (Å²) < 4.78 is 15.7. The molecule has 2 aliphatic rings. The quantitative estimate of drug-likeness (QED) is 0.314. The summed E-state index contributed by atoms with van der Waals surface area (Å²) in [5, 5.41) is 10.5. The summed E-state index contributed by atoms with van der Waals surface area (Å²) in [6, 6.07) is 10.6. The van der Waals surface area contributed by atoms with Crippen molar-refractivity contribution in [2.75, 3.05) is 63.7 Å². The fourth-order valence-corrected chi connectivity index (χ4v) is 7.13. The molecule has 2 fully saturated rings. The number of pyridine rings is 1. The second-order valence-electron chi connectivity index (χ2n) is 11.6. The summed E-state index contributed by atoms with van der Waals surface area (Å²) in [4.78, 5) is 31.0. The maximum absolute atomic E-state index is 13.5. The smallest absolute Gasteiger partial charge is 0.236 e. The molecular formula is C31H35FN8OS. The lowest BCUT2D eigenvalue weighted by molar-refractivity contribution is -0.129. The number of fused-ring (bicyclic) bond motifs is 2. The lowest BCUT2D eigenvalue weighted by atomic mass is 10.0. The van der Waals surface area contributed by atoms with Crippen molar-refractivity contribution in [2.45, 2.75) is 20.3 Å². The second-order valence-corrected chi connectivity index (χ2v) is 12.5. The average molecular weight is 587 g/mol. The van der Waals surface area contributed by atoms with Crippen molar-refractivity contribution in [3.8, 4) is 17.3 Å². The largest absolute Gasteiger partial charge is 0.370 e. The van der Waals surface area contributed by atoms with E-state index < -0.39 is 0 Å². The number of carbonyl (C=O) groups is 1. The van der Waals surface area contributed by atoms with E-state index in [1.165, 1.54) is 23.5 Å². The first kappa shape index (κ1) is 28.1. The average Bonchev–Trinajstić information content (AvgIpc) is 3.73. The summed E-state index contributed by atoms with van der Waals surface area (Å²) in [7, 11) is 5.59. The van der Waals surface area contributed by atoms with Gasteiger partial charge in [0.2, 0.25) is 5.91 Å². The predicted octanol–water partition coefficient (Wildman–Crippen LogP) is 4.56. The third-order valence-electron chi connectivity index (χ3n) is 8.49. The number of imidazole rings is 1. The van der Waals surface area contributed by atoms with Gasteiger partial charge in [-0.1, -0.05) is 18.3 Å². The fraction of sp³-hybridized carbons (Fsp3) is 0.419. The Morgan fingerprint density at radius 2 is 1.81 bits per heavy atom. The van der Waals surface area contributed by atoms with Crippen LogP contribution in [-0.2, 0) is 11.2 Å². The molecule has 0 aliphatic carbocycles. The van der Waals surface area contributed by atoms with Crippen molar-refractivity contribution in [1.29, 1.82) is 5.26 Å². The maximum Gasteiger partial charge on any atom is 0.236 e.